The molecule has 0 aliphatic heterocycles. The predicted octanol–water partition coefficient (Wildman–Crippen LogP) is 10.9. The summed E-state index contributed by atoms with van der Waals surface area (Å²) in [6.07, 6.45) is 5.41. The average molecular weight is 928 g/mol. The summed E-state index contributed by atoms with van der Waals surface area (Å²) in [5.41, 5.74) is 10.6. The molecule has 8 heteroatoms. The van der Waals surface area contributed by atoms with Crippen molar-refractivity contribution >= 4 is 76.5 Å². The Kier molecular flexibility index (Phi) is 7.72. The summed E-state index contributed by atoms with van der Waals surface area (Å²) in [5.74, 6) is 1.97. The number of imidazole rings is 1. The van der Waals surface area contributed by atoms with E-state index in [9.17, 15) is 0 Å². The number of para-hydroxylation sites is 5. The number of benzene rings is 7. The Balaban J connectivity index is 0.00000385. The number of nitrogens with zero attached hydrogens (tertiary/aromatic N) is 6. The molecule has 0 fully saturated rings. The topological polar surface area (TPSA) is 45.7 Å². The first-order valence-corrected chi connectivity index (χ1v) is 19.0. The number of hydrogen-bond acceptors (Lipinski definition) is 2. The molecule has 5 aromatic heterocycles. The number of aryl methyl sites for hydroxylation is 2. The minimum absolute atomic E-state index is 0. The maximum atomic E-state index is 6.67. The van der Waals surface area contributed by atoms with Crippen LogP contribution in [0.2, 0.25) is 0 Å². The van der Waals surface area contributed by atoms with Gasteiger partial charge in [-0.05, 0) is 47.5 Å². The third-order valence-electron chi connectivity index (χ3n) is 11.4. The van der Waals surface area contributed by atoms with Crippen molar-refractivity contribution in [3.63, 3.8) is 0 Å². The van der Waals surface area contributed by atoms with Gasteiger partial charge in [0.25, 0.3) is 6.33 Å². The normalized spacial score (nSPS) is 11.8. The summed E-state index contributed by atoms with van der Waals surface area (Å²) >= 11 is 0. The van der Waals surface area contributed by atoms with Crippen LogP contribution in [0.5, 0.6) is 11.5 Å². The monoisotopic (exact) mass is 927 g/mol. The molecule has 58 heavy (non-hydrogen) atoms. The van der Waals surface area contributed by atoms with E-state index in [1.165, 1.54) is 43.6 Å². The van der Waals surface area contributed by atoms with Crippen molar-refractivity contribution in [1.29, 1.82) is 0 Å². The summed E-state index contributed by atoms with van der Waals surface area (Å²) in [5, 5.41) is 7.09. The van der Waals surface area contributed by atoms with Crippen molar-refractivity contribution in [1.82, 2.24) is 23.3 Å². The number of fused-ring (bicyclic) bond motifs is 13. The van der Waals surface area contributed by atoms with Gasteiger partial charge in [0.1, 0.15) is 5.82 Å². The predicted molar refractivity (Wildman–Crippen MR) is 228 cm³/mol. The van der Waals surface area contributed by atoms with Crippen LogP contribution in [0.1, 0.15) is 0 Å². The zero-order valence-corrected chi connectivity index (χ0v) is 33.7. The number of pyridine rings is 1. The summed E-state index contributed by atoms with van der Waals surface area (Å²) in [4.78, 5) is 4.94. The minimum Gasteiger partial charge on any atom is -0.510 e. The van der Waals surface area contributed by atoms with Gasteiger partial charge < -0.3 is 23.0 Å². The van der Waals surface area contributed by atoms with Crippen molar-refractivity contribution in [3.05, 3.63) is 176 Å². The van der Waals surface area contributed by atoms with Gasteiger partial charge in [-0.2, -0.15) is 18.2 Å². The van der Waals surface area contributed by atoms with Gasteiger partial charge in [0, 0.05) is 91.0 Å². The van der Waals surface area contributed by atoms with Gasteiger partial charge in [-0.15, -0.1) is 24.3 Å². The van der Waals surface area contributed by atoms with E-state index < -0.39 is 0 Å². The number of ether oxygens (including phenoxy) is 1. The smallest absolute Gasteiger partial charge is 0.268 e. The first-order chi connectivity index (χ1) is 28.1. The molecule has 0 N–H and O–H groups in total. The van der Waals surface area contributed by atoms with Gasteiger partial charge in [-0.25, -0.2) is 4.98 Å². The first kappa shape index (κ1) is 34.3. The summed E-state index contributed by atoms with van der Waals surface area (Å²) in [6, 6.07) is 59.5. The first-order valence-electron chi connectivity index (χ1n) is 19.0. The van der Waals surface area contributed by atoms with Crippen LogP contribution in [0.3, 0.4) is 0 Å². The summed E-state index contributed by atoms with van der Waals surface area (Å²) in [7, 11) is 4.36. The van der Waals surface area contributed by atoms with Crippen molar-refractivity contribution < 1.29 is 30.4 Å². The van der Waals surface area contributed by atoms with E-state index in [0.29, 0.717) is 11.5 Å². The molecule has 0 aliphatic rings. The van der Waals surface area contributed by atoms with Crippen LogP contribution in [-0.4, -0.2) is 23.3 Å². The van der Waals surface area contributed by atoms with E-state index >= 15 is 0 Å². The molecule has 0 unspecified atom stereocenters. The third-order valence-corrected chi connectivity index (χ3v) is 11.4. The fraction of sp³-hybridized carbons (Fsp3) is 0.0400. The van der Waals surface area contributed by atoms with E-state index in [2.05, 4.69) is 142 Å². The molecule has 0 bridgehead atoms. The van der Waals surface area contributed by atoms with Crippen molar-refractivity contribution in [2.45, 2.75) is 0 Å². The molecule has 7 nitrogen and oxygen atoms in total. The number of hydrogen-bond donors (Lipinski definition) is 0. The van der Waals surface area contributed by atoms with Gasteiger partial charge in [0.2, 0.25) is 0 Å². The quantitative estimate of drug-likeness (QED) is 0.128. The second-order valence-corrected chi connectivity index (χ2v) is 14.5. The Labute approximate surface area is 347 Å². The molecule has 0 amide bonds. The van der Waals surface area contributed by atoms with Gasteiger partial charge in [0.05, 0.1) is 27.8 Å². The maximum absolute atomic E-state index is 6.67. The van der Waals surface area contributed by atoms with Gasteiger partial charge in [-0.3, -0.25) is 4.57 Å². The van der Waals surface area contributed by atoms with E-state index in [4.69, 9.17) is 9.72 Å². The number of rotatable bonds is 5. The fourth-order valence-electron chi connectivity index (χ4n) is 9.05. The van der Waals surface area contributed by atoms with Crippen LogP contribution < -0.4 is 9.30 Å². The average Bonchev–Trinajstić information content (AvgIpc) is 3.98. The Hall–Kier alpha value is -6.95. The molecule has 0 spiro atoms. The minimum atomic E-state index is 0. The molecule has 0 atom stereocenters. The van der Waals surface area contributed by atoms with E-state index in [1.54, 1.807) is 0 Å². The molecule has 5 heterocycles. The van der Waals surface area contributed by atoms with Gasteiger partial charge >= 0.3 is 0 Å². The SMILES string of the molecule is Cn1c2ccccc2c2c1c1c3ccc(Oc4[c-]c(-[n+]5[c-]n(-c6ccccc6)c6ccccc65)ccc4)[c-]c3n(-c3ccccn3)c1c1c3ccccc3n(C)c21.[Pt]. The van der Waals surface area contributed by atoms with Crippen LogP contribution >= 0.6 is 0 Å². The standard InChI is InChI=1S/C50H32N6O.Pt/c1-52-39-21-8-6-19-36(39)45-48-46(37-20-7-9-22-40(37)53(48)2)50-47(49(45)52)38-27-26-35(30-43(38)56(50)44-25-12-13-28-51-44)57-34-18-14-17-33(29-34)55-31-54(32-15-4-3-5-16-32)41-23-10-11-24-42(41)55;/h3-28H,1-2H3;/q-2;. The second kappa shape index (κ2) is 13.1. The fourth-order valence-corrected chi connectivity index (χ4v) is 9.05. The van der Waals surface area contributed by atoms with E-state index in [-0.39, 0.29) is 21.1 Å². The Bertz CT molecular complexity index is 3580. The van der Waals surface area contributed by atoms with Crippen LogP contribution in [0, 0.1) is 18.5 Å². The zero-order chi connectivity index (χ0) is 37.8. The molecule has 12 aromatic rings. The third kappa shape index (κ3) is 4.83. The van der Waals surface area contributed by atoms with Crippen LogP contribution in [-0.2, 0) is 35.2 Å². The molecule has 12 rings (SSSR count). The van der Waals surface area contributed by atoms with Crippen molar-refractivity contribution in [2.75, 3.05) is 0 Å². The second-order valence-electron chi connectivity index (χ2n) is 14.5. The van der Waals surface area contributed by atoms with Gasteiger partial charge in [0.15, 0.2) is 0 Å². The van der Waals surface area contributed by atoms with Gasteiger partial charge in [-0.1, -0.05) is 95.8 Å². The Morgan fingerprint density at radius 2 is 1.16 bits per heavy atom. The molecule has 7 aromatic carbocycles. The largest absolute Gasteiger partial charge is 0.510 e. The summed E-state index contributed by atoms with van der Waals surface area (Å²) in [6.45, 7) is 0. The molecular weight excluding hydrogens is 896 g/mol. The molecular formula is C50H32N6OPt-2. The summed E-state index contributed by atoms with van der Waals surface area (Å²) < 4.78 is 17.8. The molecule has 0 radical (unpaired) electrons. The Morgan fingerprint density at radius 1 is 0.534 bits per heavy atom. The maximum Gasteiger partial charge on any atom is 0.268 e. The van der Waals surface area contributed by atoms with Crippen LogP contribution in [0.25, 0.3) is 93.6 Å². The molecule has 0 saturated heterocycles. The Morgan fingerprint density at radius 3 is 1.88 bits per heavy atom. The molecule has 0 saturated carbocycles. The number of aromatic nitrogens is 6. The van der Waals surface area contributed by atoms with Crippen molar-refractivity contribution in [2.24, 2.45) is 14.1 Å². The van der Waals surface area contributed by atoms with E-state index in [0.717, 1.165) is 50.0 Å². The zero-order valence-electron chi connectivity index (χ0n) is 31.4. The molecule has 0 aliphatic carbocycles. The van der Waals surface area contributed by atoms with E-state index in [1.807, 2.05) is 71.4 Å². The van der Waals surface area contributed by atoms with Crippen molar-refractivity contribution in [3.8, 4) is 28.7 Å². The van der Waals surface area contributed by atoms with Crippen LogP contribution in [0.4, 0.5) is 0 Å². The molecule has 280 valence electrons. The van der Waals surface area contributed by atoms with Crippen LogP contribution in [0.15, 0.2) is 158 Å².